The zero-order valence-electron chi connectivity index (χ0n) is 24.0. The number of nitrogens with two attached hydrogens (primary N) is 1. The summed E-state index contributed by atoms with van der Waals surface area (Å²) in [5.74, 6) is 10.1. The first kappa shape index (κ1) is 27.4. The fourth-order valence-electron chi connectivity index (χ4n) is 5.94. The molecule has 214 valence electrons. The van der Waals surface area contributed by atoms with E-state index in [1.165, 1.54) is 6.08 Å². The van der Waals surface area contributed by atoms with Gasteiger partial charge in [-0.25, -0.2) is 9.97 Å². The number of aromatic nitrogens is 3. The fourth-order valence-corrected chi connectivity index (χ4v) is 5.94. The second-order valence-corrected chi connectivity index (χ2v) is 10.6. The van der Waals surface area contributed by atoms with Gasteiger partial charge in [-0.3, -0.25) is 4.79 Å². The number of anilines is 1. The Hall–Kier alpha value is -4.81. The van der Waals surface area contributed by atoms with E-state index in [-0.39, 0.29) is 11.8 Å². The zero-order chi connectivity index (χ0) is 29.4. The summed E-state index contributed by atoms with van der Waals surface area (Å²) in [5, 5.41) is 0.827. The third-order valence-corrected chi connectivity index (χ3v) is 8.09. The molecule has 3 atom stereocenters. The Bertz CT molecular complexity index is 1740. The molecule has 2 N–H and O–H groups in total. The monoisotopic (exact) mass is 563 g/mol. The number of methoxy groups -OCH3 is 2. The molecule has 9 heteroatoms. The molecule has 1 aliphatic carbocycles. The Morgan fingerprint density at radius 1 is 1.17 bits per heavy atom. The van der Waals surface area contributed by atoms with Crippen molar-refractivity contribution in [3.8, 4) is 40.3 Å². The highest BCUT2D eigenvalue weighted by Crippen LogP contribution is 2.51. The summed E-state index contributed by atoms with van der Waals surface area (Å²) in [4.78, 5) is 22.8. The second-order valence-electron chi connectivity index (χ2n) is 10.6. The van der Waals surface area contributed by atoms with E-state index >= 15 is 0 Å². The molecule has 3 aromatic heterocycles. The van der Waals surface area contributed by atoms with Gasteiger partial charge < -0.3 is 29.4 Å². The summed E-state index contributed by atoms with van der Waals surface area (Å²) in [6, 6.07) is 13.4. The summed E-state index contributed by atoms with van der Waals surface area (Å²) in [6.07, 6.45) is 3.09. The van der Waals surface area contributed by atoms with Crippen LogP contribution in [-0.4, -0.2) is 59.3 Å². The maximum atomic E-state index is 12.1. The molecular formula is C33H33N5O4. The number of likely N-dealkylation sites (tertiary alicyclic amines) is 1. The molecule has 42 heavy (non-hydrogen) atoms. The molecule has 1 aliphatic heterocycles. The number of aryl methyl sites for hydroxylation is 1. The summed E-state index contributed by atoms with van der Waals surface area (Å²) >= 11 is 0. The Kier molecular flexibility index (Phi) is 7.31. The van der Waals surface area contributed by atoms with Crippen LogP contribution in [0, 0.1) is 36.5 Å². The first-order valence-electron chi connectivity index (χ1n) is 13.9. The third-order valence-electron chi connectivity index (χ3n) is 8.09. The number of nitrogens with zero attached hydrogens (tertiary/aromatic N) is 4. The van der Waals surface area contributed by atoms with Gasteiger partial charge in [-0.05, 0) is 60.6 Å². The van der Waals surface area contributed by atoms with Crippen molar-refractivity contribution in [2.75, 3.05) is 39.6 Å². The molecule has 1 saturated heterocycles. The van der Waals surface area contributed by atoms with E-state index in [0.717, 1.165) is 46.5 Å². The predicted molar refractivity (Wildman–Crippen MR) is 161 cm³/mol. The average Bonchev–Trinajstić information content (AvgIpc) is 3.29. The van der Waals surface area contributed by atoms with Gasteiger partial charge in [-0.1, -0.05) is 24.6 Å². The normalized spacial score (nSPS) is 18.7. The number of hydrogen-bond donors (Lipinski definition) is 1. The van der Waals surface area contributed by atoms with Crippen LogP contribution < -0.4 is 15.2 Å². The second kappa shape index (κ2) is 11.2. The van der Waals surface area contributed by atoms with E-state index in [2.05, 4.69) is 33.0 Å². The molecule has 1 unspecified atom stereocenters. The minimum Gasteiger partial charge on any atom is -0.493 e. The van der Waals surface area contributed by atoms with Gasteiger partial charge in [-0.2, -0.15) is 0 Å². The highest BCUT2D eigenvalue weighted by molar-refractivity contribution is 6.05. The average molecular weight is 564 g/mol. The van der Waals surface area contributed by atoms with Crippen LogP contribution in [0.5, 0.6) is 17.4 Å². The minimum absolute atomic E-state index is 0.0154. The van der Waals surface area contributed by atoms with Crippen LogP contribution in [0.1, 0.15) is 11.4 Å². The minimum atomic E-state index is -0.0154. The highest BCUT2D eigenvalue weighted by atomic mass is 16.5. The molecule has 2 aliphatic rings. The third kappa shape index (κ3) is 4.95. The quantitative estimate of drug-likeness (QED) is 0.245. The van der Waals surface area contributed by atoms with Crippen LogP contribution in [0.2, 0.25) is 0 Å². The van der Waals surface area contributed by atoms with Crippen LogP contribution in [0.3, 0.4) is 0 Å². The lowest BCUT2D eigenvalue weighted by atomic mass is 10.0. The molecule has 2 fully saturated rings. The van der Waals surface area contributed by atoms with Crippen LogP contribution in [-0.2, 0) is 16.1 Å². The van der Waals surface area contributed by atoms with Gasteiger partial charge in [0.05, 0.1) is 24.6 Å². The SMILES string of the molecule is C=CC(=O)N1C[C@@H]2C(C#Cc3c(-c4ccc(Oc5cccc(C)n5)c(OC)c4)c4c(N)nccc4n3CCOC)[C@@H]2C1. The van der Waals surface area contributed by atoms with Gasteiger partial charge >= 0.3 is 0 Å². The van der Waals surface area contributed by atoms with Gasteiger partial charge in [0, 0.05) is 56.2 Å². The fraction of sp³-hybridized carbons (Fsp3) is 0.303. The molecule has 0 spiro atoms. The van der Waals surface area contributed by atoms with Gasteiger partial charge in [0.25, 0.3) is 0 Å². The largest absolute Gasteiger partial charge is 0.493 e. The lowest BCUT2D eigenvalue weighted by molar-refractivity contribution is -0.125. The van der Waals surface area contributed by atoms with Crippen molar-refractivity contribution < 1.29 is 19.0 Å². The topological polar surface area (TPSA) is 105 Å². The van der Waals surface area contributed by atoms with E-state index in [0.29, 0.717) is 48.2 Å². The first-order chi connectivity index (χ1) is 20.4. The van der Waals surface area contributed by atoms with Crippen molar-refractivity contribution in [2.45, 2.75) is 13.5 Å². The Morgan fingerprint density at radius 2 is 1.98 bits per heavy atom. The number of fused-ring (bicyclic) bond motifs is 2. The molecule has 1 saturated carbocycles. The number of carbonyl (C=O) groups excluding carboxylic acids is 1. The molecule has 0 radical (unpaired) electrons. The Balaban J connectivity index is 1.43. The number of piperidine rings is 1. The van der Waals surface area contributed by atoms with Crippen molar-refractivity contribution in [3.63, 3.8) is 0 Å². The van der Waals surface area contributed by atoms with Gasteiger partial charge in [0.15, 0.2) is 11.5 Å². The number of pyridine rings is 2. The van der Waals surface area contributed by atoms with E-state index in [1.807, 2.05) is 54.3 Å². The smallest absolute Gasteiger partial charge is 0.245 e. The molecule has 1 amide bonds. The van der Waals surface area contributed by atoms with Crippen molar-refractivity contribution in [2.24, 2.45) is 17.8 Å². The number of hydrogen-bond acceptors (Lipinski definition) is 7. The maximum absolute atomic E-state index is 12.1. The lowest BCUT2D eigenvalue weighted by Gasteiger charge is -2.16. The van der Waals surface area contributed by atoms with Crippen LogP contribution in [0.25, 0.3) is 22.0 Å². The molecule has 1 aromatic carbocycles. The molecule has 4 aromatic rings. The van der Waals surface area contributed by atoms with Crippen LogP contribution in [0.15, 0.2) is 61.3 Å². The summed E-state index contributed by atoms with van der Waals surface area (Å²) < 4.78 is 19.4. The van der Waals surface area contributed by atoms with Gasteiger partial charge in [0.2, 0.25) is 11.8 Å². The standard InChI is InChI=1S/C33H33N5O4/c1-5-30(39)37-18-23-22(24(23)19-37)10-11-25-31(32-26(13-14-35-33(32)34)38(25)15-16-40-3)21-9-12-27(28(17-21)41-4)42-29-8-6-7-20(2)36-29/h5-9,12-14,17,22-24H,1,15-16,18-19H2,2-4H3,(H2,34,35)/t22?,23-,24+. The number of nitrogen functional groups attached to an aromatic ring is 1. The molecular weight excluding hydrogens is 530 g/mol. The Morgan fingerprint density at radius 3 is 2.69 bits per heavy atom. The summed E-state index contributed by atoms with van der Waals surface area (Å²) in [7, 11) is 3.29. The number of carbonyl (C=O) groups is 1. The van der Waals surface area contributed by atoms with Gasteiger partial charge in [0.1, 0.15) is 11.5 Å². The maximum Gasteiger partial charge on any atom is 0.245 e. The van der Waals surface area contributed by atoms with E-state index in [1.54, 1.807) is 20.4 Å². The van der Waals surface area contributed by atoms with Crippen molar-refractivity contribution in [1.29, 1.82) is 0 Å². The van der Waals surface area contributed by atoms with Gasteiger partial charge in [-0.15, -0.1) is 0 Å². The number of amides is 1. The van der Waals surface area contributed by atoms with Crippen LogP contribution >= 0.6 is 0 Å². The molecule has 9 nitrogen and oxygen atoms in total. The molecule has 6 rings (SSSR count). The highest BCUT2D eigenvalue weighted by Gasteiger charge is 2.55. The predicted octanol–water partition coefficient (Wildman–Crippen LogP) is 4.68. The lowest BCUT2D eigenvalue weighted by Crippen LogP contribution is -2.29. The van der Waals surface area contributed by atoms with Crippen molar-refractivity contribution in [3.05, 3.63) is 72.7 Å². The van der Waals surface area contributed by atoms with E-state index in [4.69, 9.17) is 19.9 Å². The molecule has 4 heterocycles. The summed E-state index contributed by atoms with van der Waals surface area (Å²) in [6.45, 7) is 8.08. The number of rotatable bonds is 8. The van der Waals surface area contributed by atoms with E-state index in [9.17, 15) is 4.79 Å². The van der Waals surface area contributed by atoms with Crippen molar-refractivity contribution >= 4 is 22.6 Å². The first-order valence-corrected chi connectivity index (χ1v) is 13.9. The zero-order valence-corrected chi connectivity index (χ0v) is 24.0. The summed E-state index contributed by atoms with van der Waals surface area (Å²) in [5.41, 5.74) is 10.9. The van der Waals surface area contributed by atoms with E-state index < -0.39 is 0 Å². The number of ether oxygens (including phenoxy) is 3. The molecule has 0 bridgehead atoms. The Labute approximate surface area is 244 Å². The number of benzene rings is 1. The van der Waals surface area contributed by atoms with Crippen LogP contribution in [0.4, 0.5) is 5.82 Å². The van der Waals surface area contributed by atoms with Crippen molar-refractivity contribution in [1.82, 2.24) is 19.4 Å².